The summed E-state index contributed by atoms with van der Waals surface area (Å²) in [5.74, 6) is -2.58. The predicted molar refractivity (Wildman–Crippen MR) is 141 cm³/mol. The van der Waals surface area contributed by atoms with Crippen LogP contribution in [0.15, 0.2) is 36.5 Å². The SMILES string of the molecule is CC(C)(C#N)c1ccc(F)c(Nc2nc(Nc3ccc4c(c3)CNCC4(C)C)ncc2C(=O)NCC(F)(F)F)n1. The van der Waals surface area contributed by atoms with Gasteiger partial charge in [0.1, 0.15) is 17.9 Å². The Morgan fingerprint density at radius 3 is 2.58 bits per heavy atom. The molecule has 3 heterocycles. The van der Waals surface area contributed by atoms with E-state index in [0.29, 0.717) is 12.2 Å². The molecule has 0 unspecified atom stereocenters. The van der Waals surface area contributed by atoms with E-state index < -0.39 is 29.9 Å². The van der Waals surface area contributed by atoms with E-state index in [-0.39, 0.29) is 34.3 Å². The van der Waals surface area contributed by atoms with Gasteiger partial charge in [-0.1, -0.05) is 19.9 Å². The van der Waals surface area contributed by atoms with E-state index in [2.05, 4.69) is 50.8 Å². The number of nitrogens with zero attached hydrogens (tertiary/aromatic N) is 4. The number of hydrogen-bond acceptors (Lipinski definition) is 8. The highest BCUT2D eigenvalue weighted by molar-refractivity contribution is 5.99. The smallest absolute Gasteiger partial charge is 0.343 e. The van der Waals surface area contributed by atoms with Crippen LogP contribution in [0.1, 0.15) is 54.9 Å². The van der Waals surface area contributed by atoms with Crippen LogP contribution in [-0.2, 0) is 17.4 Å². The minimum atomic E-state index is -4.65. The Morgan fingerprint density at radius 2 is 1.88 bits per heavy atom. The fourth-order valence-corrected chi connectivity index (χ4v) is 4.24. The Hall–Kier alpha value is -4.31. The van der Waals surface area contributed by atoms with Crippen LogP contribution < -0.4 is 21.3 Å². The first-order valence-electron chi connectivity index (χ1n) is 12.4. The van der Waals surface area contributed by atoms with Crippen LogP contribution in [-0.4, -0.2) is 40.1 Å². The van der Waals surface area contributed by atoms with E-state index in [0.717, 1.165) is 24.4 Å². The topological polar surface area (TPSA) is 128 Å². The molecule has 4 N–H and O–H groups in total. The van der Waals surface area contributed by atoms with Gasteiger partial charge in [0, 0.05) is 30.4 Å². The third kappa shape index (κ3) is 6.45. The number of aromatic nitrogens is 3. The number of nitriles is 1. The summed E-state index contributed by atoms with van der Waals surface area (Å²) in [5.41, 5.74) is 1.66. The lowest BCUT2D eigenvalue weighted by Crippen LogP contribution is -2.38. The van der Waals surface area contributed by atoms with Crippen LogP contribution in [0.5, 0.6) is 0 Å². The van der Waals surface area contributed by atoms with Crippen LogP contribution in [0.3, 0.4) is 0 Å². The molecule has 210 valence electrons. The number of pyridine rings is 1. The van der Waals surface area contributed by atoms with Gasteiger partial charge >= 0.3 is 6.18 Å². The summed E-state index contributed by atoms with van der Waals surface area (Å²) in [6, 6.07) is 10.3. The molecule has 0 fully saturated rings. The van der Waals surface area contributed by atoms with Crippen LogP contribution in [0.4, 0.5) is 40.8 Å². The summed E-state index contributed by atoms with van der Waals surface area (Å²) in [6.07, 6.45) is -3.61. The second-order valence-electron chi connectivity index (χ2n) is 10.6. The molecule has 40 heavy (non-hydrogen) atoms. The number of rotatable bonds is 7. The number of nitrogens with one attached hydrogen (secondary N) is 4. The average molecular weight is 557 g/mol. The molecule has 1 aliphatic heterocycles. The summed E-state index contributed by atoms with van der Waals surface area (Å²) < 4.78 is 52.9. The van der Waals surface area contributed by atoms with Crippen molar-refractivity contribution in [3.63, 3.8) is 0 Å². The Bertz CT molecular complexity index is 1480. The first kappa shape index (κ1) is 28.7. The second kappa shape index (κ2) is 10.7. The summed E-state index contributed by atoms with van der Waals surface area (Å²) in [7, 11) is 0. The number of amides is 1. The van der Waals surface area contributed by atoms with Gasteiger partial charge in [0.25, 0.3) is 5.91 Å². The van der Waals surface area contributed by atoms with Crippen molar-refractivity contribution in [1.29, 1.82) is 5.26 Å². The fraction of sp³-hybridized carbons (Fsp3) is 0.370. The van der Waals surface area contributed by atoms with Crippen LogP contribution in [0.2, 0.25) is 0 Å². The van der Waals surface area contributed by atoms with Gasteiger partial charge in [0.05, 0.1) is 17.2 Å². The van der Waals surface area contributed by atoms with Gasteiger partial charge in [-0.25, -0.2) is 14.4 Å². The molecular formula is C27H28F4N8O. The molecule has 0 saturated heterocycles. The summed E-state index contributed by atoms with van der Waals surface area (Å²) in [6.45, 7) is 7.37. The van der Waals surface area contributed by atoms with Crippen LogP contribution in [0.25, 0.3) is 0 Å². The van der Waals surface area contributed by atoms with Crippen molar-refractivity contribution in [3.05, 3.63) is 64.7 Å². The highest BCUT2D eigenvalue weighted by Gasteiger charge is 2.30. The molecule has 2 aromatic heterocycles. The lowest BCUT2D eigenvalue weighted by Gasteiger charge is -2.33. The molecular weight excluding hydrogens is 528 g/mol. The molecule has 13 heteroatoms. The van der Waals surface area contributed by atoms with Gasteiger partial charge in [-0.15, -0.1) is 0 Å². The maximum Gasteiger partial charge on any atom is 0.405 e. The molecule has 0 spiro atoms. The number of carbonyl (C=O) groups excluding carboxylic acids is 1. The Balaban J connectivity index is 1.70. The van der Waals surface area contributed by atoms with Crippen molar-refractivity contribution in [2.75, 3.05) is 23.7 Å². The zero-order chi connectivity index (χ0) is 29.3. The van der Waals surface area contributed by atoms with Gasteiger partial charge < -0.3 is 21.3 Å². The summed E-state index contributed by atoms with van der Waals surface area (Å²) in [4.78, 5) is 25.2. The van der Waals surface area contributed by atoms with Crippen molar-refractivity contribution in [1.82, 2.24) is 25.6 Å². The Kier molecular flexibility index (Phi) is 7.67. The Morgan fingerprint density at radius 1 is 1.12 bits per heavy atom. The maximum absolute atomic E-state index is 14.7. The van der Waals surface area contributed by atoms with Gasteiger partial charge in [0.2, 0.25) is 5.95 Å². The quantitative estimate of drug-likeness (QED) is 0.301. The van der Waals surface area contributed by atoms with E-state index in [4.69, 9.17) is 0 Å². The predicted octanol–water partition coefficient (Wildman–Crippen LogP) is 4.97. The normalized spacial score (nSPS) is 14.6. The largest absolute Gasteiger partial charge is 0.405 e. The summed E-state index contributed by atoms with van der Waals surface area (Å²) >= 11 is 0. The second-order valence-corrected chi connectivity index (χ2v) is 10.6. The van der Waals surface area contributed by atoms with Gasteiger partial charge in [-0.05, 0) is 49.2 Å². The molecule has 3 aromatic rings. The highest BCUT2D eigenvalue weighted by Crippen LogP contribution is 2.32. The molecule has 1 aromatic carbocycles. The van der Waals surface area contributed by atoms with E-state index in [1.165, 1.54) is 11.6 Å². The molecule has 0 bridgehead atoms. The minimum Gasteiger partial charge on any atom is -0.343 e. The number of carbonyl (C=O) groups is 1. The third-order valence-electron chi connectivity index (χ3n) is 6.46. The first-order chi connectivity index (χ1) is 18.7. The van der Waals surface area contributed by atoms with E-state index in [1.807, 2.05) is 18.2 Å². The monoisotopic (exact) mass is 556 g/mol. The van der Waals surface area contributed by atoms with Crippen molar-refractivity contribution in [3.8, 4) is 6.07 Å². The lowest BCUT2D eigenvalue weighted by molar-refractivity contribution is -0.123. The van der Waals surface area contributed by atoms with Crippen LogP contribution >= 0.6 is 0 Å². The zero-order valence-electron chi connectivity index (χ0n) is 22.3. The number of anilines is 4. The third-order valence-corrected chi connectivity index (χ3v) is 6.46. The van der Waals surface area contributed by atoms with Crippen molar-refractivity contribution >= 4 is 29.2 Å². The van der Waals surface area contributed by atoms with Crippen molar-refractivity contribution < 1.29 is 22.4 Å². The zero-order valence-corrected chi connectivity index (χ0v) is 22.3. The molecule has 1 aliphatic rings. The first-order valence-corrected chi connectivity index (χ1v) is 12.4. The summed E-state index contributed by atoms with van der Waals surface area (Å²) in [5, 5.41) is 20.2. The van der Waals surface area contributed by atoms with Gasteiger partial charge in [-0.2, -0.15) is 23.4 Å². The Labute approximate surface area is 228 Å². The number of fused-ring (bicyclic) bond motifs is 1. The average Bonchev–Trinajstić information content (AvgIpc) is 2.88. The maximum atomic E-state index is 14.7. The minimum absolute atomic E-state index is 0.00627. The standard InChI is InChI=1S/C27H28F4N8O/c1-25(2,12-32)20-8-7-19(28)22(37-20)38-21-17(23(40)35-14-27(29,30)31)11-34-24(39-21)36-16-5-6-18-15(9-16)10-33-13-26(18,3)4/h5-9,11,33H,10,13-14H2,1-4H3,(H,35,40)(H2,34,36,37,38,39). The molecule has 0 atom stereocenters. The molecule has 0 radical (unpaired) electrons. The molecule has 0 saturated carbocycles. The van der Waals surface area contributed by atoms with E-state index in [1.54, 1.807) is 19.2 Å². The molecule has 0 aliphatic carbocycles. The molecule has 9 nitrogen and oxygen atoms in total. The van der Waals surface area contributed by atoms with Crippen molar-refractivity contribution in [2.45, 2.75) is 51.2 Å². The van der Waals surface area contributed by atoms with E-state index in [9.17, 15) is 27.6 Å². The fourth-order valence-electron chi connectivity index (χ4n) is 4.24. The molecule has 1 amide bonds. The van der Waals surface area contributed by atoms with Crippen molar-refractivity contribution in [2.24, 2.45) is 0 Å². The van der Waals surface area contributed by atoms with Gasteiger partial charge in [-0.3, -0.25) is 4.79 Å². The van der Waals surface area contributed by atoms with E-state index >= 15 is 0 Å². The number of hydrogen-bond donors (Lipinski definition) is 4. The van der Waals surface area contributed by atoms with Gasteiger partial charge in [0.15, 0.2) is 11.6 Å². The number of alkyl halides is 3. The number of halogens is 4. The lowest BCUT2D eigenvalue weighted by atomic mass is 9.79. The number of benzene rings is 1. The van der Waals surface area contributed by atoms with Crippen LogP contribution in [0, 0.1) is 17.1 Å². The molecule has 4 rings (SSSR count). The highest BCUT2D eigenvalue weighted by atomic mass is 19.4.